The van der Waals surface area contributed by atoms with Gasteiger partial charge in [0.25, 0.3) is 0 Å². The molecule has 1 fully saturated rings. The molecule has 0 aromatic heterocycles. The highest BCUT2D eigenvalue weighted by Gasteiger charge is 2.30. The Morgan fingerprint density at radius 2 is 2.38 bits per heavy atom. The molecule has 1 aliphatic heterocycles. The zero-order chi connectivity index (χ0) is 12.0. The van der Waals surface area contributed by atoms with Crippen LogP contribution in [0.4, 0.5) is 0 Å². The Bertz CT molecular complexity index is 278. The zero-order valence-electron chi connectivity index (χ0n) is 9.66. The molecule has 90 valence electrons. The van der Waals surface area contributed by atoms with Crippen molar-refractivity contribution in [2.45, 2.75) is 18.9 Å². The molecule has 16 heavy (non-hydrogen) atoms. The summed E-state index contributed by atoms with van der Waals surface area (Å²) in [5.74, 6) is -0.0887. The lowest BCUT2D eigenvalue weighted by Crippen LogP contribution is -2.59. The van der Waals surface area contributed by atoms with Crippen LogP contribution in [0.25, 0.3) is 0 Å². The van der Waals surface area contributed by atoms with Gasteiger partial charge in [-0.1, -0.05) is 6.08 Å². The number of rotatable bonds is 4. The van der Waals surface area contributed by atoms with E-state index in [0.29, 0.717) is 25.9 Å². The van der Waals surface area contributed by atoms with Gasteiger partial charge < -0.3 is 15.5 Å². The number of likely N-dealkylation sites (N-methyl/N-ethyl adjacent to an activating group) is 1. The molecule has 1 heterocycles. The van der Waals surface area contributed by atoms with Crippen molar-refractivity contribution < 1.29 is 9.59 Å². The van der Waals surface area contributed by atoms with Crippen LogP contribution in [0.1, 0.15) is 12.8 Å². The summed E-state index contributed by atoms with van der Waals surface area (Å²) in [4.78, 5) is 25.1. The number of carbonyl (C=O) groups excluding carboxylic acids is 2. The summed E-state index contributed by atoms with van der Waals surface area (Å²) in [5, 5.41) is 5.70. The normalized spacial score (nSPS) is 20.3. The van der Waals surface area contributed by atoms with Gasteiger partial charge in [0.15, 0.2) is 0 Å². The van der Waals surface area contributed by atoms with Crippen molar-refractivity contribution in [2.24, 2.45) is 0 Å². The second-order valence-corrected chi connectivity index (χ2v) is 3.75. The van der Waals surface area contributed by atoms with Crippen LogP contribution in [-0.2, 0) is 9.59 Å². The van der Waals surface area contributed by atoms with Crippen molar-refractivity contribution in [3.8, 4) is 0 Å². The molecule has 1 aliphatic rings. The van der Waals surface area contributed by atoms with Crippen molar-refractivity contribution in [1.29, 1.82) is 0 Å². The summed E-state index contributed by atoms with van der Waals surface area (Å²) in [7, 11) is 1.59. The topological polar surface area (TPSA) is 61.4 Å². The molecule has 1 unspecified atom stereocenters. The fourth-order valence-corrected chi connectivity index (χ4v) is 1.77. The number of hydrogen-bond acceptors (Lipinski definition) is 3. The first-order valence-electron chi connectivity index (χ1n) is 5.53. The molecule has 2 N–H and O–H groups in total. The van der Waals surface area contributed by atoms with Crippen LogP contribution in [0.3, 0.4) is 0 Å². The Kier molecular flexibility index (Phi) is 4.98. The molecule has 0 radical (unpaired) electrons. The van der Waals surface area contributed by atoms with Crippen LogP contribution in [-0.4, -0.2) is 49.4 Å². The summed E-state index contributed by atoms with van der Waals surface area (Å²) in [6.45, 7) is 5.45. The molecule has 0 aromatic rings. The van der Waals surface area contributed by atoms with Gasteiger partial charge in [0.05, 0.1) is 0 Å². The molecular formula is C11H19N3O2. The van der Waals surface area contributed by atoms with Crippen LogP contribution in [0.5, 0.6) is 0 Å². The second-order valence-electron chi connectivity index (χ2n) is 3.75. The maximum atomic E-state index is 11.9. The van der Waals surface area contributed by atoms with Gasteiger partial charge in [-0.3, -0.25) is 9.59 Å². The van der Waals surface area contributed by atoms with Gasteiger partial charge in [-0.05, 0) is 6.42 Å². The third kappa shape index (κ3) is 3.06. The SMILES string of the molecule is C=CCCC(=O)N1CCNCC1C(=O)NC. The lowest BCUT2D eigenvalue weighted by atomic mass is 10.1. The number of piperazine rings is 1. The van der Waals surface area contributed by atoms with Gasteiger partial charge in [-0.2, -0.15) is 0 Å². The second kappa shape index (κ2) is 6.27. The van der Waals surface area contributed by atoms with E-state index in [9.17, 15) is 9.59 Å². The fraction of sp³-hybridized carbons (Fsp3) is 0.636. The van der Waals surface area contributed by atoms with Gasteiger partial charge in [0.2, 0.25) is 11.8 Å². The minimum atomic E-state index is -0.379. The van der Waals surface area contributed by atoms with E-state index in [1.807, 2.05) is 0 Å². The van der Waals surface area contributed by atoms with E-state index in [-0.39, 0.29) is 17.9 Å². The highest BCUT2D eigenvalue weighted by Crippen LogP contribution is 2.07. The van der Waals surface area contributed by atoms with Crippen LogP contribution >= 0.6 is 0 Å². The van der Waals surface area contributed by atoms with Crippen molar-refractivity contribution in [2.75, 3.05) is 26.7 Å². The molecule has 5 heteroatoms. The largest absolute Gasteiger partial charge is 0.357 e. The van der Waals surface area contributed by atoms with Crippen molar-refractivity contribution >= 4 is 11.8 Å². The first-order chi connectivity index (χ1) is 7.70. The monoisotopic (exact) mass is 225 g/mol. The Morgan fingerprint density at radius 3 is 3.00 bits per heavy atom. The van der Waals surface area contributed by atoms with E-state index in [2.05, 4.69) is 17.2 Å². The summed E-state index contributed by atoms with van der Waals surface area (Å²) >= 11 is 0. The molecular weight excluding hydrogens is 206 g/mol. The summed E-state index contributed by atoms with van der Waals surface area (Å²) < 4.78 is 0. The van der Waals surface area contributed by atoms with Gasteiger partial charge in [-0.25, -0.2) is 0 Å². The molecule has 2 amide bonds. The highest BCUT2D eigenvalue weighted by molar-refractivity contribution is 5.88. The van der Waals surface area contributed by atoms with Crippen LogP contribution in [0.2, 0.25) is 0 Å². The quantitative estimate of drug-likeness (QED) is 0.634. The van der Waals surface area contributed by atoms with Gasteiger partial charge in [-0.15, -0.1) is 6.58 Å². The molecule has 0 bridgehead atoms. The summed E-state index contributed by atoms with van der Waals surface area (Å²) in [6.07, 6.45) is 2.80. The molecule has 1 saturated heterocycles. The highest BCUT2D eigenvalue weighted by atomic mass is 16.2. The average Bonchev–Trinajstić information content (AvgIpc) is 2.35. The van der Waals surface area contributed by atoms with Crippen molar-refractivity contribution in [1.82, 2.24) is 15.5 Å². The molecule has 0 spiro atoms. The predicted octanol–water partition coefficient (Wildman–Crippen LogP) is -0.501. The van der Waals surface area contributed by atoms with Gasteiger partial charge in [0.1, 0.15) is 6.04 Å². The number of nitrogens with one attached hydrogen (secondary N) is 2. The third-order valence-electron chi connectivity index (χ3n) is 2.68. The minimum absolute atomic E-state index is 0.0231. The van der Waals surface area contributed by atoms with Crippen LogP contribution in [0.15, 0.2) is 12.7 Å². The molecule has 1 atom stereocenters. The zero-order valence-corrected chi connectivity index (χ0v) is 9.66. The summed E-state index contributed by atoms with van der Waals surface area (Å²) in [5.41, 5.74) is 0. The van der Waals surface area contributed by atoms with E-state index >= 15 is 0 Å². The molecule has 0 aromatic carbocycles. The molecule has 0 aliphatic carbocycles. The minimum Gasteiger partial charge on any atom is -0.357 e. The molecule has 5 nitrogen and oxygen atoms in total. The van der Waals surface area contributed by atoms with E-state index in [0.717, 1.165) is 6.54 Å². The van der Waals surface area contributed by atoms with E-state index < -0.39 is 0 Å². The number of carbonyl (C=O) groups is 2. The fourth-order valence-electron chi connectivity index (χ4n) is 1.77. The van der Waals surface area contributed by atoms with Gasteiger partial charge >= 0.3 is 0 Å². The lowest BCUT2D eigenvalue weighted by Gasteiger charge is -2.34. The maximum absolute atomic E-state index is 11.9. The van der Waals surface area contributed by atoms with Gasteiger partial charge in [0, 0.05) is 33.1 Å². The van der Waals surface area contributed by atoms with E-state index in [1.54, 1.807) is 18.0 Å². The number of hydrogen-bond donors (Lipinski definition) is 2. The Labute approximate surface area is 95.9 Å². The standard InChI is InChI=1S/C11H19N3O2/c1-3-4-5-10(15)14-7-6-13-8-9(14)11(16)12-2/h3,9,13H,1,4-8H2,2H3,(H,12,16). The lowest BCUT2D eigenvalue weighted by molar-refractivity contribution is -0.141. The Morgan fingerprint density at radius 1 is 1.62 bits per heavy atom. The smallest absolute Gasteiger partial charge is 0.243 e. The van der Waals surface area contributed by atoms with Crippen LogP contribution < -0.4 is 10.6 Å². The summed E-state index contributed by atoms with van der Waals surface area (Å²) in [6, 6.07) is -0.379. The third-order valence-corrected chi connectivity index (χ3v) is 2.68. The first kappa shape index (κ1) is 12.7. The Hall–Kier alpha value is -1.36. The number of amides is 2. The number of nitrogens with zero attached hydrogens (tertiary/aromatic N) is 1. The van der Waals surface area contributed by atoms with Crippen molar-refractivity contribution in [3.05, 3.63) is 12.7 Å². The first-order valence-corrected chi connectivity index (χ1v) is 5.53. The molecule has 0 saturated carbocycles. The molecule has 1 rings (SSSR count). The predicted molar refractivity (Wildman–Crippen MR) is 61.9 cm³/mol. The number of allylic oxidation sites excluding steroid dienone is 1. The van der Waals surface area contributed by atoms with E-state index in [1.165, 1.54) is 0 Å². The van der Waals surface area contributed by atoms with Crippen LogP contribution in [0, 0.1) is 0 Å². The maximum Gasteiger partial charge on any atom is 0.243 e. The Balaban J connectivity index is 2.62. The average molecular weight is 225 g/mol. The van der Waals surface area contributed by atoms with E-state index in [4.69, 9.17) is 0 Å². The van der Waals surface area contributed by atoms with Crippen molar-refractivity contribution in [3.63, 3.8) is 0 Å².